The smallest absolute Gasteiger partial charge is 0.332 e. The zero-order valence-electron chi connectivity index (χ0n) is 17.1. The van der Waals surface area contributed by atoms with E-state index in [4.69, 9.17) is 9.47 Å². The molecule has 0 aliphatic carbocycles. The van der Waals surface area contributed by atoms with Crippen molar-refractivity contribution in [3.05, 3.63) is 50.2 Å². The Morgan fingerprint density at radius 2 is 1.66 bits per heavy atom. The second kappa shape index (κ2) is 8.41. The molecule has 0 amide bonds. The number of benzene rings is 1. The third-order valence-electron chi connectivity index (χ3n) is 5.27. The van der Waals surface area contributed by atoms with Crippen molar-refractivity contribution in [3.8, 4) is 17.6 Å². The van der Waals surface area contributed by atoms with Gasteiger partial charge in [0.15, 0.2) is 17.1 Å². The molecule has 3 rings (SSSR count). The molecular weight excluding hydrogens is 374 g/mol. The van der Waals surface area contributed by atoms with Gasteiger partial charge >= 0.3 is 5.69 Å². The van der Waals surface area contributed by atoms with Crippen molar-refractivity contribution < 1.29 is 9.47 Å². The lowest BCUT2D eigenvalue weighted by Gasteiger charge is -2.37. The second-order valence-electron chi connectivity index (χ2n) is 6.97. The SMILES string of the molecule is COc1ccc(CN2CCN(c3c(C#N)c(=O)n(C)c(=O)n3C)CC2)cc1OC. The first-order valence-electron chi connectivity index (χ1n) is 9.29. The second-order valence-corrected chi connectivity index (χ2v) is 6.97. The molecule has 0 atom stereocenters. The van der Waals surface area contributed by atoms with Gasteiger partial charge in [-0.15, -0.1) is 0 Å². The van der Waals surface area contributed by atoms with Crippen LogP contribution in [0.15, 0.2) is 27.8 Å². The van der Waals surface area contributed by atoms with Crippen molar-refractivity contribution in [1.82, 2.24) is 14.0 Å². The van der Waals surface area contributed by atoms with Crippen molar-refractivity contribution in [2.45, 2.75) is 6.54 Å². The van der Waals surface area contributed by atoms with Gasteiger partial charge in [0.1, 0.15) is 11.9 Å². The van der Waals surface area contributed by atoms with Crippen LogP contribution in [0.1, 0.15) is 11.1 Å². The Morgan fingerprint density at radius 3 is 2.24 bits per heavy atom. The van der Waals surface area contributed by atoms with Gasteiger partial charge in [-0.2, -0.15) is 5.26 Å². The number of methoxy groups -OCH3 is 2. The van der Waals surface area contributed by atoms with Crippen LogP contribution in [-0.4, -0.2) is 54.4 Å². The van der Waals surface area contributed by atoms with E-state index in [-0.39, 0.29) is 5.56 Å². The predicted octanol–water partition coefficient (Wildman–Crippen LogP) is 0.295. The molecule has 2 aromatic rings. The molecule has 1 aromatic carbocycles. The third-order valence-corrected chi connectivity index (χ3v) is 5.27. The Bertz CT molecular complexity index is 1060. The highest BCUT2D eigenvalue weighted by atomic mass is 16.5. The molecule has 1 aliphatic rings. The minimum Gasteiger partial charge on any atom is -0.493 e. The van der Waals surface area contributed by atoms with Crippen LogP contribution in [0.5, 0.6) is 11.5 Å². The van der Waals surface area contributed by atoms with E-state index in [2.05, 4.69) is 4.90 Å². The van der Waals surface area contributed by atoms with Crippen LogP contribution in [0.4, 0.5) is 5.82 Å². The van der Waals surface area contributed by atoms with E-state index in [0.29, 0.717) is 30.4 Å². The van der Waals surface area contributed by atoms with E-state index in [1.807, 2.05) is 29.2 Å². The van der Waals surface area contributed by atoms with Gasteiger partial charge in [-0.05, 0) is 17.7 Å². The van der Waals surface area contributed by atoms with Crippen LogP contribution in [0.3, 0.4) is 0 Å². The number of nitriles is 1. The normalized spacial score (nSPS) is 14.5. The van der Waals surface area contributed by atoms with E-state index < -0.39 is 11.2 Å². The number of hydrogen-bond acceptors (Lipinski definition) is 7. The van der Waals surface area contributed by atoms with Crippen LogP contribution < -0.4 is 25.6 Å². The number of piperazine rings is 1. The highest BCUT2D eigenvalue weighted by Crippen LogP contribution is 2.28. The topological polar surface area (TPSA) is 92.7 Å². The van der Waals surface area contributed by atoms with Gasteiger partial charge in [0.2, 0.25) is 0 Å². The van der Waals surface area contributed by atoms with Gasteiger partial charge < -0.3 is 14.4 Å². The molecule has 1 aliphatic heterocycles. The highest BCUT2D eigenvalue weighted by Gasteiger charge is 2.25. The average molecular weight is 399 g/mol. The molecule has 29 heavy (non-hydrogen) atoms. The maximum absolute atomic E-state index is 12.3. The molecular formula is C20H25N5O4. The molecule has 1 fully saturated rings. The number of rotatable bonds is 5. The average Bonchev–Trinajstić information content (AvgIpc) is 2.75. The zero-order chi connectivity index (χ0) is 21.1. The van der Waals surface area contributed by atoms with Crippen LogP contribution in [0.2, 0.25) is 0 Å². The van der Waals surface area contributed by atoms with Gasteiger partial charge in [-0.3, -0.25) is 18.8 Å². The first-order chi connectivity index (χ1) is 13.9. The third kappa shape index (κ3) is 3.84. The summed E-state index contributed by atoms with van der Waals surface area (Å²) in [5.74, 6) is 1.78. The highest BCUT2D eigenvalue weighted by molar-refractivity contribution is 5.54. The van der Waals surface area contributed by atoms with E-state index in [0.717, 1.165) is 29.8 Å². The number of nitrogens with zero attached hydrogens (tertiary/aromatic N) is 5. The van der Waals surface area contributed by atoms with Gasteiger partial charge in [0.05, 0.1) is 14.2 Å². The molecule has 2 heterocycles. The predicted molar refractivity (Wildman–Crippen MR) is 109 cm³/mol. The molecule has 0 N–H and O–H groups in total. The summed E-state index contributed by atoms with van der Waals surface area (Å²) in [6, 6.07) is 7.83. The van der Waals surface area contributed by atoms with Gasteiger partial charge in [0.25, 0.3) is 5.56 Å². The fraction of sp³-hybridized carbons (Fsp3) is 0.450. The molecule has 0 spiro atoms. The summed E-state index contributed by atoms with van der Waals surface area (Å²) >= 11 is 0. The standard InChI is InChI=1S/C20H25N5O4/c1-22-18(15(12-21)19(26)23(2)20(22)27)25-9-7-24(8-10-25)13-14-5-6-16(28-3)17(11-14)29-4/h5-6,11H,7-10,13H2,1-4H3. The minimum atomic E-state index is -0.557. The molecule has 0 radical (unpaired) electrons. The summed E-state index contributed by atoms with van der Waals surface area (Å²) in [6.07, 6.45) is 0. The molecule has 0 saturated carbocycles. The van der Waals surface area contributed by atoms with Crippen molar-refractivity contribution in [2.24, 2.45) is 14.1 Å². The maximum atomic E-state index is 12.3. The maximum Gasteiger partial charge on any atom is 0.332 e. The fourth-order valence-electron chi connectivity index (χ4n) is 3.66. The van der Waals surface area contributed by atoms with Gasteiger partial charge in [0, 0.05) is 46.8 Å². The largest absolute Gasteiger partial charge is 0.493 e. The van der Waals surface area contributed by atoms with Crippen molar-refractivity contribution >= 4 is 5.82 Å². The summed E-state index contributed by atoms with van der Waals surface area (Å²) in [5.41, 5.74) is 0.118. The van der Waals surface area contributed by atoms with Gasteiger partial charge in [-0.25, -0.2) is 4.79 Å². The number of ether oxygens (including phenoxy) is 2. The minimum absolute atomic E-state index is 0.00272. The van der Waals surface area contributed by atoms with E-state index in [1.54, 1.807) is 21.3 Å². The Balaban J connectivity index is 1.76. The van der Waals surface area contributed by atoms with Crippen LogP contribution >= 0.6 is 0 Å². The van der Waals surface area contributed by atoms with E-state index in [1.165, 1.54) is 11.6 Å². The number of hydrogen-bond donors (Lipinski definition) is 0. The fourth-order valence-corrected chi connectivity index (χ4v) is 3.66. The van der Waals surface area contributed by atoms with E-state index >= 15 is 0 Å². The molecule has 0 unspecified atom stereocenters. The van der Waals surface area contributed by atoms with E-state index in [9.17, 15) is 14.9 Å². The summed E-state index contributed by atoms with van der Waals surface area (Å²) in [4.78, 5) is 28.8. The first kappa shape index (κ1) is 20.5. The Morgan fingerprint density at radius 1 is 1.00 bits per heavy atom. The lowest BCUT2D eigenvalue weighted by molar-refractivity contribution is 0.248. The van der Waals surface area contributed by atoms with Crippen molar-refractivity contribution in [2.75, 3.05) is 45.3 Å². The van der Waals surface area contributed by atoms with Crippen LogP contribution in [0.25, 0.3) is 0 Å². The quantitative estimate of drug-likeness (QED) is 0.714. The summed E-state index contributed by atoms with van der Waals surface area (Å²) < 4.78 is 13.0. The zero-order valence-corrected chi connectivity index (χ0v) is 17.1. The molecule has 1 saturated heterocycles. The number of aromatic nitrogens is 2. The number of anilines is 1. The molecule has 0 bridgehead atoms. The lowest BCUT2D eigenvalue weighted by Crippen LogP contribution is -2.50. The van der Waals surface area contributed by atoms with Crippen molar-refractivity contribution in [3.63, 3.8) is 0 Å². The molecule has 1 aromatic heterocycles. The summed E-state index contributed by atoms with van der Waals surface area (Å²) in [6.45, 7) is 3.45. The van der Waals surface area contributed by atoms with Gasteiger partial charge in [-0.1, -0.05) is 6.07 Å². The molecule has 9 heteroatoms. The lowest BCUT2D eigenvalue weighted by atomic mass is 10.1. The molecule has 154 valence electrons. The monoisotopic (exact) mass is 399 g/mol. The summed E-state index contributed by atoms with van der Waals surface area (Å²) in [7, 11) is 6.20. The van der Waals surface area contributed by atoms with Crippen LogP contribution in [-0.2, 0) is 20.6 Å². The first-order valence-corrected chi connectivity index (χ1v) is 9.29. The Hall–Kier alpha value is -3.25. The van der Waals surface area contributed by atoms with Crippen LogP contribution in [0, 0.1) is 11.3 Å². The Kier molecular flexibility index (Phi) is 5.94. The Labute approximate surface area is 168 Å². The van der Waals surface area contributed by atoms with Crippen molar-refractivity contribution in [1.29, 1.82) is 5.26 Å². The molecule has 9 nitrogen and oxygen atoms in total. The summed E-state index contributed by atoms with van der Waals surface area (Å²) in [5, 5.41) is 9.47.